The molecule has 6 nitrogen and oxygen atoms in total. The maximum atomic E-state index is 12.8. The average Bonchev–Trinajstić information content (AvgIpc) is 3.39. The number of carbonyl (C=O) groups excluding carboxylic acids is 3. The summed E-state index contributed by atoms with van der Waals surface area (Å²) in [5.41, 5.74) is -0.202. The van der Waals surface area contributed by atoms with Gasteiger partial charge in [0, 0.05) is 11.1 Å². The van der Waals surface area contributed by atoms with Crippen LogP contribution >= 0.6 is 0 Å². The molecule has 0 fully saturated rings. The molecule has 0 aliphatic carbocycles. The Labute approximate surface area is 186 Å². The van der Waals surface area contributed by atoms with Crippen LogP contribution in [-0.4, -0.2) is 29.2 Å². The highest BCUT2D eigenvalue weighted by Gasteiger charge is 2.36. The number of amides is 3. The molecule has 4 rings (SSSR count). The molecule has 0 spiro atoms. The Morgan fingerprint density at radius 3 is 2.52 bits per heavy atom. The fourth-order valence-corrected chi connectivity index (χ4v) is 3.28. The second kappa shape index (κ2) is 8.67. The highest BCUT2D eigenvalue weighted by molar-refractivity contribution is 6.22. The molecule has 1 N–H and O–H groups in total. The van der Waals surface area contributed by atoms with Crippen LogP contribution in [0.25, 0.3) is 0 Å². The van der Waals surface area contributed by atoms with Crippen molar-refractivity contribution in [3.8, 4) is 11.8 Å². The lowest BCUT2D eigenvalue weighted by atomic mass is 10.1. The van der Waals surface area contributed by atoms with Crippen LogP contribution in [0.2, 0.25) is 0 Å². The molecule has 33 heavy (non-hydrogen) atoms. The van der Waals surface area contributed by atoms with E-state index in [0.29, 0.717) is 5.76 Å². The molecule has 0 saturated carbocycles. The number of imide groups is 1. The van der Waals surface area contributed by atoms with Gasteiger partial charge in [0.05, 0.1) is 36.0 Å². The van der Waals surface area contributed by atoms with Crippen LogP contribution in [0.1, 0.15) is 48.0 Å². The Morgan fingerprint density at radius 2 is 1.79 bits per heavy atom. The van der Waals surface area contributed by atoms with Gasteiger partial charge in [0.25, 0.3) is 17.7 Å². The highest BCUT2D eigenvalue weighted by atomic mass is 19.4. The number of nitrogens with zero attached hydrogens (tertiary/aromatic N) is 1. The van der Waals surface area contributed by atoms with Gasteiger partial charge in [0.15, 0.2) is 0 Å². The number of halogens is 3. The zero-order valence-corrected chi connectivity index (χ0v) is 16.9. The molecule has 3 amide bonds. The van der Waals surface area contributed by atoms with Crippen LogP contribution in [0, 0.1) is 11.8 Å². The number of nitrogens with one attached hydrogen (secondary N) is 1. The lowest BCUT2D eigenvalue weighted by Crippen LogP contribution is -2.28. The van der Waals surface area contributed by atoms with Crippen LogP contribution in [0.5, 0.6) is 0 Å². The predicted octanol–water partition coefficient (Wildman–Crippen LogP) is 3.88. The Balaban J connectivity index is 1.41. The van der Waals surface area contributed by atoms with Crippen molar-refractivity contribution in [2.45, 2.75) is 12.7 Å². The van der Waals surface area contributed by atoms with Gasteiger partial charge in [-0.3, -0.25) is 19.3 Å². The number of rotatable bonds is 4. The molecule has 0 unspecified atom stereocenters. The average molecular weight is 452 g/mol. The first-order chi connectivity index (χ1) is 15.7. The number of furan rings is 1. The summed E-state index contributed by atoms with van der Waals surface area (Å²) in [6.07, 6.45) is -3.03. The molecule has 166 valence electrons. The lowest BCUT2D eigenvalue weighted by Gasteiger charge is -2.11. The van der Waals surface area contributed by atoms with Gasteiger partial charge in [-0.05, 0) is 48.5 Å². The van der Waals surface area contributed by atoms with Crippen LogP contribution in [-0.2, 0) is 12.7 Å². The van der Waals surface area contributed by atoms with Gasteiger partial charge in [-0.25, -0.2) is 0 Å². The quantitative estimate of drug-likeness (QED) is 0.482. The molecule has 1 aliphatic rings. The summed E-state index contributed by atoms with van der Waals surface area (Å²) in [4.78, 5) is 38.6. The van der Waals surface area contributed by atoms with E-state index in [-0.39, 0.29) is 35.3 Å². The summed E-state index contributed by atoms with van der Waals surface area (Å²) in [5.74, 6) is 4.05. The maximum absolute atomic E-state index is 12.8. The predicted molar refractivity (Wildman–Crippen MR) is 110 cm³/mol. The third-order valence-corrected chi connectivity index (χ3v) is 4.89. The van der Waals surface area contributed by atoms with Crippen LogP contribution in [0.3, 0.4) is 0 Å². The minimum absolute atomic E-state index is 0.0218. The molecule has 0 bridgehead atoms. The summed E-state index contributed by atoms with van der Waals surface area (Å²) in [7, 11) is 0. The van der Waals surface area contributed by atoms with Gasteiger partial charge in [0.2, 0.25) is 0 Å². The second-order valence-corrected chi connectivity index (χ2v) is 7.10. The Kier molecular flexibility index (Phi) is 5.75. The van der Waals surface area contributed by atoms with Crippen LogP contribution in [0.4, 0.5) is 13.2 Å². The summed E-state index contributed by atoms with van der Waals surface area (Å²) < 4.78 is 43.5. The fraction of sp³-hybridized carbons (Fsp3) is 0.125. The van der Waals surface area contributed by atoms with E-state index in [1.807, 2.05) is 0 Å². The standard InChI is InChI=1S/C24H15F3N2O4/c25-24(26,27)17-6-1-4-15(12-17)5-2-10-28-21(30)16-8-9-19-20(13-16)23(32)29(22(19)31)14-18-7-3-11-33-18/h1,3-4,6-9,11-13H,10,14H2,(H,28,30). The Bertz CT molecular complexity index is 1300. The topological polar surface area (TPSA) is 79.6 Å². The smallest absolute Gasteiger partial charge is 0.416 e. The number of benzene rings is 2. The van der Waals surface area contributed by atoms with E-state index in [9.17, 15) is 27.6 Å². The van der Waals surface area contributed by atoms with E-state index < -0.39 is 29.5 Å². The van der Waals surface area contributed by atoms with Crippen molar-refractivity contribution in [2.75, 3.05) is 6.54 Å². The van der Waals surface area contributed by atoms with Crippen molar-refractivity contribution in [3.05, 3.63) is 94.4 Å². The zero-order chi connectivity index (χ0) is 23.6. The highest BCUT2D eigenvalue weighted by Crippen LogP contribution is 2.29. The summed E-state index contributed by atoms with van der Waals surface area (Å²) in [6.45, 7) is -0.143. The van der Waals surface area contributed by atoms with E-state index in [1.54, 1.807) is 12.1 Å². The Hall–Kier alpha value is -4.32. The summed E-state index contributed by atoms with van der Waals surface area (Å²) >= 11 is 0. The van der Waals surface area contributed by atoms with E-state index in [0.717, 1.165) is 17.0 Å². The number of fused-ring (bicyclic) bond motifs is 1. The normalized spacial score (nSPS) is 12.9. The van der Waals surface area contributed by atoms with Gasteiger partial charge < -0.3 is 9.73 Å². The van der Waals surface area contributed by atoms with Crippen molar-refractivity contribution in [3.63, 3.8) is 0 Å². The first-order valence-corrected chi connectivity index (χ1v) is 9.71. The molecule has 2 aromatic carbocycles. The first kappa shape index (κ1) is 21.9. The van der Waals surface area contributed by atoms with E-state index in [4.69, 9.17) is 4.42 Å². The van der Waals surface area contributed by atoms with Gasteiger partial charge in [-0.2, -0.15) is 13.2 Å². The third kappa shape index (κ3) is 4.65. The zero-order valence-electron chi connectivity index (χ0n) is 16.9. The van der Waals surface area contributed by atoms with Crippen LogP contribution < -0.4 is 5.32 Å². The first-order valence-electron chi connectivity index (χ1n) is 9.71. The van der Waals surface area contributed by atoms with Crippen molar-refractivity contribution >= 4 is 17.7 Å². The second-order valence-electron chi connectivity index (χ2n) is 7.10. The molecule has 0 radical (unpaired) electrons. The molecular weight excluding hydrogens is 437 g/mol. The maximum Gasteiger partial charge on any atom is 0.416 e. The van der Waals surface area contributed by atoms with Gasteiger partial charge in [-0.1, -0.05) is 17.9 Å². The largest absolute Gasteiger partial charge is 0.467 e. The summed E-state index contributed by atoms with van der Waals surface area (Å²) in [6, 6.07) is 12.0. The monoisotopic (exact) mass is 452 g/mol. The van der Waals surface area contributed by atoms with Crippen molar-refractivity contribution in [2.24, 2.45) is 0 Å². The molecule has 1 aromatic heterocycles. The number of alkyl halides is 3. The molecule has 9 heteroatoms. The van der Waals surface area contributed by atoms with E-state index in [1.165, 1.54) is 36.6 Å². The molecule has 1 aliphatic heterocycles. The van der Waals surface area contributed by atoms with E-state index in [2.05, 4.69) is 17.2 Å². The minimum atomic E-state index is -4.47. The molecule has 2 heterocycles. The molecular formula is C24H15F3N2O4. The van der Waals surface area contributed by atoms with Crippen molar-refractivity contribution < 1.29 is 32.0 Å². The number of carbonyl (C=O) groups is 3. The lowest BCUT2D eigenvalue weighted by molar-refractivity contribution is -0.137. The Morgan fingerprint density at radius 1 is 1.00 bits per heavy atom. The summed E-state index contributed by atoms with van der Waals surface area (Å²) in [5, 5.41) is 2.52. The molecule has 0 atom stereocenters. The minimum Gasteiger partial charge on any atom is -0.467 e. The molecule has 0 saturated heterocycles. The van der Waals surface area contributed by atoms with Crippen molar-refractivity contribution in [1.82, 2.24) is 10.2 Å². The fourth-order valence-electron chi connectivity index (χ4n) is 3.28. The van der Waals surface area contributed by atoms with Gasteiger partial charge >= 0.3 is 6.18 Å². The number of hydrogen-bond acceptors (Lipinski definition) is 4. The van der Waals surface area contributed by atoms with Crippen LogP contribution in [0.15, 0.2) is 65.3 Å². The van der Waals surface area contributed by atoms with Gasteiger partial charge in [-0.15, -0.1) is 0 Å². The van der Waals surface area contributed by atoms with E-state index >= 15 is 0 Å². The molecule has 3 aromatic rings. The van der Waals surface area contributed by atoms with Crippen molar-refractivity contribution in [1.29, 1.82) is 0 Å². The SMILES string of the molecule is O=C(NCC#Cc1cccc(C(F)(F)F)c1)c1ccc2c(c1)C(=O)N(Cc1ccco1)C2=O. The number of hydrogen-bond donors (Lipinski definition) is 1. The third-order valence-electron chi connectivity index (χ3n) is 4.89. The van der Waals surface area contributed by atoms with Gasteiger partial charge in [0.1, 0.15) is 5.76 Å².